The van der Waals surface area contributed by atoms with E-state index in [0.29, 0.717) is 19.1 Å². The molecule has 2 amide bonds. The van der Waals surface area contributed by atoms with Gasteiger partial charge in [-0.15, -0.1) is 0 Å². The van der Waals surface area contributed by atoms with Gasteiger partial charge in [-0.05, 0) is 57.4 Å². The maximum atomic E-state index is 13.0. The summed E-state index contributed by atoms with van der Waals surface area (Å²) < 4.78 is 0. The normalized spacial score (nSPS) is 18.5. The van der Waals surface area contributed by atoms with Crippen molar-refractivity contribution in [3.8, 4) is 0 Å². The third-order valence-corrected chi connectivity index (χ3v) is 6.88. The molecule has 31 heavy (non-hydrogen) atoms. The predicted molar refractivity (Wildman–Crippen MR) is 127 cm³/mol. The highest BCUT2D eigenvalue weighted by atomic mass is 16.2. The fourth-order valence-electron chi connectivity index (χ4n) is 4.64. The highest BCUT2D eigenvalue weighted by Crippen LogP contribution is 2.23. The molecule has 1 aromatic carbocycles. The fourth-order valence-corrected chi connectivity index (χ4v) is 4.64. The zero-order valence-corrected chi connectivity index (χ0v) is 19.8. The van der Waals surface area contributed by atoms with E-state index in [-0.39, 0.29) is 17.7 Å². The Morgan fingerprint density at radius 2 is 1.61 bits per heavy atom. The van der Waals surface area contributed by atoms with Crippen LogP contribution in [0.25, 0.3) is 0 Å². The SMILES string of the molecule is CCCCN(C)C(=O)C1CCN(C(=O)c2ccc(N3CCN(C(C)C)CC3)cc2)CC1. The average Bonchev–Trinajstić information content (AvgIpc) is 2.82. The van der Waals surface area contributed by atoms with Crippen LogP contribution in [-0.2, 0) is 4.79 Å². The monoisotopic (exact) mass is 428 g/mol. The highest BCUT2D eigenvalue weighted by molar-refractivity contribution is 5.94. The van der Waals surface area contributed by atoms with Gasteiger partial charge >= 0.3 is 0 Å². The molecule has 2 saturated heterocycles. The Bertz CT molecular complexity index is 718. The number of amides is 2. The van der Waals surface area contributed by atoms with Crippen molar-refractivity contribution in [2.75, 3.05) is 57.8 Å². The number of hydrogen-bond donors (Lipinski definition) is 0. The van der Waals surface area contributed by atoms with Crippen LogP contribution in [0.5, 0.6) is 0 Å². The average molecular weight is 429 g/mol. The third-order valence-electron chi connectivity index (χ3n) is 6.88. The van der Waals surface area contributed by atoms with E-state index in [4.69, 9.17) is 0 Å². The van der Waals surface area contributed by atoms with Gasteiger partial charge in [0.2, 0.25) is 5.91 Å². The Labute approximate surface area is 188 Å². The second kappa shape index (κ2) is 11.0. The predicted octanol–water partition coefficient (Wildman–Crippen LogP) is 3.33. The van der Waals surface area contributed by atoms with Gasteiger partial charge in [0.05, 0.1) is 0 Å². The van der Waals surface area contributed by atoms with Crippen LogP contribution in [0.2, 0.25) is 0 Å². The molecule has 0 atom stereocenters. The standard InChI is InChI=1S/C25H40N4O2/c1-5-6-13-26(4)24(30)22-11-14-29(15-12-22)25(31)21-7-9-23(10-8-21)28-18-16-27(17-19-28)20(2)3/h7-10,20,22H,5-6,11-19H2,1-4H3. The van der Waals surface area contributed by atoms with Crippen molar-refractivity contribution in [1.29, 1.82) is 0 Å². The van der Waals surface area contributed by atoms with Gasteiger partial charge in [-0.2, -0.15) is 0 Å². The first-order valence-electron chi connectivity index (χ1n) is 12.0. The lowest BCUT2D eigenvalue weighted by atomic mass is 9.94. The number of carbonyl (C=O) groups excluding carboxylic acids is 2. The number of piperidine rings is 1. The van der Waals surface area contributed by atoms with Crippen molar-refractivity contribution in [3.63, 3.8) is 0 Å². The van der Waals surface area contributed by atoms with Crippen LogP contribution < -0.4 is 4.90 Å². The number of piperazine rings is 1. The molecule has 6 nitrogen and oxygen atoms in total. The Hall–Kier alpha value is -2.08. The lowest BCUT2D eigenvalue weighted by molar-refractivity contribution is -0.135. The maximum absolute atomic E-state index is 13.0. The Kier molecular flexibility index (Phi) is 8.35. The number of unbranched alkanes of at least 4 members (excludes halogenated alkanes) is 1. The molecule has 0 N–H and O–H groups in total. The minimum Gasteiger partial charge on any atom is -0.369 e. The minimum atomic E-state index is 0.0535. The number of hydrogen-bond acceptors (Lipinski definition) is 4. The smallest absolute Gasteiger partial charge is 0.253 e. The second-order valence-electron chi connectivity index (χ2n) is 9.34. The molecule has 0 spiro atoms. The molecule has 6 heteroatoms. The Morgan fingerprint density at radius 1 is 1.00 bits per heavy atom. The van der Waals surface area contributed by atoms with Crippen LogP contribution >= 0.6 is 0 Å². The number of rotatable bonds is 7. The summed E-state index contributed by atoms with van der Waals surface area (Å²) in [6.45, 7) is 13.0. The summed E-state index contributed by atoms with van der Waals surface area (Å²) >= 11 is 0. The molecule has 1 aromatic rings. The first-order valence-corrected chi connectivity index (χ1v) is 12.0. The molecule has 2 fully saturated rings. The van der Waals surface area contributed by atoms with Crippen LogP contribution in [0.3, 0.4) is 0 Å². The van der Waals surface area contributed by atoms with Crippen LogP contribution in [0.4, 0.5) is 5.69 Å². The summed E-state index contributed by atoms with van der Waals surface area (Å²) in [4.78, 5) is 34.3. The Balaban J connectivity index is 1.49. The van der Waals surface area contributed by atoms with Crippen molar-refractivity contribution in [3.05, 3.63) is 29.8 Å². The van der Waals surface area contributed by atoms with Gasteiger partial charge < -0.3 is 14.7 Å². The van der Waals surface area contributed by atoms with Crippen molar-refractivity contribution in [2.24, 2.45) is 5.92 Å². The summed E-state index contributed by atoms with van der Waals surface area (Å²) in [5.41, 5.74) is 1.94. The van der Waals surface area contributed by atoms with Gasteiger partial charge in [-0.25, -0.2) is 0 Å². The van der Waals surface area contributed by atoms with Gasteiger partial charge in [-0.3, -0.25) is 14.5 Å². The Morgan fingerprint density at radius 3 is 2.16 bits per heavy atom. The molecule has 0 bridgehead atoms. The van der Waals surface area contributed by atoms with E-state index in [1.165, 1.54) is 5.69 Å². The highest BCUT2D eigenvalue weighted by Gasteiger charge is 2.29. The molecule has 2 aliphatic heterocycles. The first-order chi connectivity index (χ1) is 14.9. The number of anilines is 1. The van der Waals surface area contributed by atoms with Gasteiger partial charge in [0, 0.05) is 76.1 Å². The second-order valence-corrected chi connectivity index (χ2v) is 9.34. The van der Waals surface area contributed by atoms with Gasteiger partial charge in [0.1, 0.15) is 0 Å². The van der Waals surface area contributed by atoms with Gasteiger partial charge in [-0.1, -0.05) is 13.3 Å². The zero-order valence-electron chi connectivity index (χ0n) is 19.8. The zero-order chi connectivity index (χ0) is 22.4. The molecule has 0 aromatic heterocycles. The van der Waals surface area contributed by atoms with E-state index in [1.54, 1.807) is 0 Å². The number of benzene rings is 1. The van der Waals surface area contributed by atoms with Crippen molar-refractivity contribution in [2.45, 2.75) is 52.5 Å². The van der Waals surface area contributed by atoms with Gasteiger partial charge in [0.15, 0.2) is 0 Å². The largest absolute Gasteiger partial charge is 0.369 e. The van der Waals surface area contributed by atoms with Crippen molar-refractivity contribution >= 4 is 17.5 Å². The van der Waals surface area contributed by atoms with Crippen molar-refractivity contribution < 1.29 is 9.59 Å². The molecule has 3 rings (SSSR count). The molecule has 2 aliphatic rings. The topological polar surface area (TPSA) is 47.1 Å². The van der Waals surface area contributed by atoms with E-state index in [0.717, 1.165) is 64.0 Å². The molecular weight excluding hydrogens is 388 g/mol. The van der Waals surface area contributed by atoms with E-state index in [2.05, 4.69) is 42.7 Å². The molecule has 0 saturated carbocycles. The molecular formula is C25H40N4O2. The molecule has 2 heterocycles. The summed E-state index contributed by atoms with van der Waals surface area (Å²) in [6, 6.07) is 8.68. The van der Waals surface area contributed by atoms with Crippen LogP contribution in [0.1, 0.15) is 56.8 Å². The maximum Gasteiger partial charge on any atom is 0.253 e. The van der Waals surface area contributed by atoms with Crippen LogP contribution in [-0.4, -0.2) is 85.4 Å². The lowest BCUT2D eigenvalue weighted by Gasteiger charge is -2.38. The van der Waals surface area contributed by atoms with E-state index in [1.807, 2.05) is 29.0 Å². The number of nitrogens with zero attached hydrogens (tertiary/aromatic N) is 4. The summed E-state index contributed by atoms with van der Waals surface area (Å²) in [5, 5.41) is 0. The molecule has 0 radical (unpaired) electrons. The third kappa shape index (κ3) is 6.00. The van der Waals surface area contributed by atoms with Crippen LogP contribution in [0, 0.1) is 5.92 Å². The number of carbonyl (C=O) groups is 2. The van der Waals surface area contributed by atoms with Gasteiger partial charge in [0.25, 0.3) is 5.91 Å². The number of likely N-dealkylation sites (tertiary alicyclic amines) is 1. The minimum absolute atomic E-state index is 0.0535. The summed E-state index contributed by atoms with van der Waals surface area (Å²) in [5.74, 6) is 0.377. The summed E-state index contributed by atoms with van der Waals surface area (Å²) in [6.07, 6.45) is 3.67. The van der Waals surface area contributed by atoms with Crippen LogP contribution in [0.15, 0.2) is 24.3 Å². The first kappa shape index (κ1) is 23.6. The quantitative estimate of drug-likeness (QED) is 0.668. The lowest BCUT2D eigenvalue weighted by Crippen LogP contribution is -2.48. The van der Waals surface area contributed by atoms with E-state index in [9.17, 15) is 9.59 Å². The van der Waals surface area contributed by atoms with E-state index < -0.39 is 0 Å². The summed E-state index contributed by atoms with van der Waals surface area (Å²) in [7, 11) is 1.90. The molecule has 0 aliphatic carbocycles. The molecule has 172 valence electrons. The van der Waals surface area contributed by atoms with Crippen molar-refractivity contribution in [1.82, 2.24) is 14.7 Å². The van der Waals surface area contributed by atoms with E-state index >= 15 is 0 Å². The molecule has 0 unspecified atom stereocenters. The fraction of sp³-hybridized carbons (Fsp3) is 0.680.